The zero-order valence-electron chi connectivity index (χ0n) is 29.3. The summed E-state index contributed by atoms with van der Waals surface area (Å²) in [4.78, 5) is 35.2. The lowest BCUT2D eigenvalue weighted by Crippen LogP contribution is -2.50. The number of carbonyl (C=O) groups is 2. The number of benzene rings is 2. The van der Waals surface area contributed by atoms with Crippen LogP contribution in [-0.4, -0.2) is 95.4 Å². The molecular weight excluding hydrogens is 638 g/mol. The van der Waals surface area contributed by atoms with Crippen molar-refractivity contribution in [1.82, 2.24) is 9.80 Å². The molecule has 2 aliphatic carbocycles. The zero-order chi connectivity index (χ0) is 34.9. The number of aliphatic hydroxyl groups is 2. The molecule has 2 spiro atoms. The van der Waals surface area contributed by atoms with Gasteiger partial charge in [-0.1, -0.05) is 0 Å². The highest BCUT2D eigenvalue weighted by atomic mass is 19.1. The van der Waals surface area contributed by atoms with Crippen LogP contribution in [0.1, 0.15) is 89.9 Å². The fourth-order valence-corrected chi connectivity index (χ4v) is 9.90. The van der Waals surface area contributed by atoms with Crippen molar-refractivity contribution in [3.05, 3.63) is 60.2 Å². The van der Waals surface area contributed by atoms with E-state index in [9.17, 15) is 28.6 Å². The Bertz CT molecular complexity index is 1370. The molecule has 2 amide bonds. The second-order valence-electron chi connectivity index (χ2n) is 16.0. The number of hydrogen-bond acceptors (Lipinski definition) is 6. The van der Waals surface area contributed by atoms with Crippen LogP contribution in [0.15, 0.2) is 48.5 Å². The molecule has 50 heavy (non-hydrogen) atoms. The highest BCUT2D eigenvalue weighted by molar-refractivity contribution is 5.87. The summed E-state index contributed by atoms with van der Waals surface area (Å²) in [7, 11) is 0. The van der Waals surface area contributed by atoms with Crippen LogP contribution in [0.4, 0.5) is 20.2 Å². The van der Waals surface area contributed by atoms with E-state index in [1.165, 1.54) is 24.3 Å². The molecule has 2 N–H and O–H groups in total. The van der Waals surface area contributed by atoms with E-state index in [0.29, 0.717) is 23.9 Å². The van der Waals surface area contributed by atoms with Crippen LogP contribution in [-0.2, 0) is 9.59 Å². The van der Waals surface area contributed by atoms with Gasteiger partial charge >= 0.3 is 0 Å². The van der Waals surface area contributed by atoms with E-state index in [-0.39, 0.29) is 34.7 Å². The summed E-state index contributed by atoms with van der Waals surface area (Å²) in [6.07, 6.45) is 12.3. The van der Waals surface area contributed by atoms with Crippen molar-refractivity contribution in [2.45, 2.75) is 114 Å². The van der Waals surface area contributed by atoms with Crippen LogP contribution in [0.5, 0.6) is 0 Å². The van der Waals surface area contributed by atoms with Gasteiger partial charge in [-0.3, -0.25) is 9.59 Å². The van der Waals surface area contributed by atoms with E-state index in [1.807, 2.05) is 24.3 Å². The van der Waals surface area contributed by atoms with Gasteiger partial charge in [0.15, 0.2) is 0 Å². The molecule has 6 aliphatic rings. The summed E-state index contributed by atoms with van der Waals surface area (Å²) in [6, 6.07) is 13.8. The average Bonchev–Trinajstić information content (AvgIpc) is 3.61. The van der Waals surface area contributed by atoms with Gasteiger partial charge in [0.05, 0.1) is 23.0 Å². The van der Waals surface area contributed by atoms with Gasteiger partial charge in [0.1, 0.15) is 11.6 Å². The van der Waals surface area contributed by atoms with Gasteiger partial charge in [-0.15, -0.1) is 0 Å². The van der Waals surface area contributed by atoms with Crippen molar-refractivity contribution in [1.29, 1.82) is 0 Å². The molecule has 2 aromatic rings. The molecule has 2 saturated carbocycles. The molecule has 10 heteroatoms. The number of rotatable bonds is 4. The van der Waals surface area contributed by atoms with Crippen molar-refractivity contribution in [2.24, 2.45) is 10.8 Å². The van der Waals surface area contributed by atoms with Crippen molar-refractivity contribution >= 4 is 23.2 Å². The third kappa shape index (κ3) is 7.25. The zero-order valence-corrected chi connectivity index (χ0v) is 29.3. The molecule has 8 nitrogen and oxygen atoms in total. The summed E-state index contributed by atoms with van der Waals surface area (Å²) < 4.78 is 26.4. The van der Waals surface area contributed by atoms with Gasteiger partial charge in [-0.05, 0) is 138 Å². The van der Waals surface area contributed by atoms with Gasteiger partial charge in [-0.2, -0.15) is 0 Å². The summed E-state index contributed by atoms with van der Waals surface area (Å²) in [5, 5.41) is 19.4. The maximum absolute atomic E-state index is 13.3. The first-order valence-corrected chi connectivity index (χ1v) is 19.1. The predicted octanol–water partition coefficient (Wildman–Crippen LogP) is 5.90. The second-order valence-corrected chi connectivity index (χ2v) is 16.0. The summed E-state index contributed by atoms with van der Waals surface area (Å²) in [5.74, 6) is 0.164. The van der Waals surface area contributed by atoms with Crippen LogP contribution in [0.2, 0.25) is 0 Å². The van der Waals surface area contributed by atoms with Crippen molar-refractivity contribution in [3.8, 4) is 0 Å². The Morgan fingerprint density at radius 3 is 1.24 bits per heavy atom. The second kappa shape index (κ2) is 14.8. The van der Waals surface area contributed by atoms with E-state index in [1.54, 1.807) is 0 Å². The number of halogens is 2. The molecule has 2 aromatic carbocycles. The Morgan fingerprint density at radius 1 is 0.520 bits per heavy atom. The first-order valence-electron chi connectivity index (χ1n) is 19.1. The summed E-state index contributed by atoms with van der Waals surface area (Å²) in [6.45, 7) is 5.02. The molecule has 4 aliphatic heterocycles. The number of nitrogens with zero attached hydrogens (tertiary/aromatic N) is 4. The maximum atomic E-state index is 13.3. The largest absolute Gasteiger partial charge is 0.393 e. The number of aliphatic hydroxyl groups excluding tert-OH is 2. The van der Waals surface area contributed by atoms with Gasteiger partial charge in [0, 0.05) is 62.7 Å². The molecule has 8 rings (SSSR count). The molecule has 0 aromatic heterocycles. The minimum Gasteiger partial charge on any atom is -0.393 e. The van der Waals surface area contributed by atoms with E-state index in [4.69, 9.17) is 0 Å². The normalized spacial score (nSPS) is 33.3. The molecule has 0 unspecified atom stereocenters. The molecule has 6 fully saturated rings. The number of piperidine rings is 2. The van der Waals surface area contributed by atoms with Crippen LogP contribution in [0, 0.1) is 22.5 Å². The molecular formula is C40H54F2N4O4. The number of hydrogen-bond donors (Lipinski definition) is 2. The maximum Gasteiger partial charge on any atom is 0.230 e. The Balaban J connectivity index is 0.000000157. The lowest BCUT2D eigenvalue weighted by molar-refractivity contribution is -0.140. The van der Waals surface area contributed by atoms with Crippen molar-refractivity contribution < 1.29 is 28.6 Å². The van der Waals surface area contributed by atoms with Crippen LogP contribution in [0.3, 0.4) is 0 Å². The minimum absolute atomic E-state index is 0.188. The van der Waals surface area contributed by atoms with Crippen molar-refractivity contribution in [2.75, 3.05) is 49.1 Å². The third-order valence-corrected chi connectivity index (χ3v) is 12.8. The number of amides is 2. The van der Waals surface area contributed by atoms with Gasteiger partial charge in [-0.25, -0.2) is 8.78 Å². The Morgan fingerprint density at radius 2 is 0.880 bits per heavy atom. The lowest BCUT2D eigenvalue weighted by Gasteiger charge is -2.41. The molecule has 272 valence electrons. The average molecular weight is 693 g/mol. The van der Waals surface area contributed by atoms with E-state index in [2.05, 4.69) is 19.6 Å². The van der Waals surface area contributed by atoms with Crippen LogP contribution >= 0.6 is 0 Å². The highest BCUT2D eigenvalue weighted by Crippen LogP contribution is 2.45. The Kier molecular flexibility index (Phi) is 10.4. The molecule has 0 radical (unpaired) electrons. The molecule has 4 saturated heterocycles. The smallest absolute Gasteiger partial charge is 0.230 e. The first kappa shape index (κ1) is 35.2. The number of carbonyl (C=O) groups excluding carboxylic acids is 2. The number of likely N-dealkylation sites (tertiary alicyclic amines) is 2. The minimum atomic E-state index is -0.275. The first-order chi connectivity index (χ1) is 24.1. The predicted molar refractivity (Wildman–Crippen MR) is 190 cm³/mol. The Labute approximate surface area is 295 Å². The highest BCUT2D eigenvalue weighted by Gasteiger charge is 2.52. The van der Waals surface area contributed by atoms with E-state index in [0.717, 1.165) is 141 Å². The van der Waals surface area contributed by atoms with Crippen LogP contribution in [0.25, 0.3) is 0 Å². The summed E-state index contributed by atoms with van der Waals surface area (Å²) >= 11 is 0. The molecule has 2 atom stereocenters. The quantitative estimate of drug-likeness (QED) is 0.416. The molecule has 0 bridgehead atoms. The standard InChI is InChI=1S/2C20H27FN2O2/c2*21-15-2-4-16(5-3-15)22-12-1-10-20(14-22)11-13-23(19(20)25)17-6-8-18(24)9-7-17/h2*2-5,17-18,24H,1,6-14H2/t2*17?,18?,20-/m11/s1. The van der Waals surface area contributed by atoms with Gasteiger partial charge in [0.25, 0.3) is 0 Å². The SMILES string of the molecule is O=C1N(C2CCC(O)CC2)CC[C@@]12CCCN(c1ccc(F)cc1)C2.O=C1N(C2CCC(O)CC2)CC[C@@]12CCCN(c1ccc(F)cc1)C2. The van der Waals surface area contributed by atoms with Gasteiger partial charge < -0.3 is 29.8 Å². The van der Waals surface area contributed by atoms with Gasteiger partial charge in [0.2, 0.25) is 11.8 Å². The van der Waals surface area contributed by atoms with E-state index >= 15 is 0 Å². The number of anilines is 2. The lowest BCUT2D eigenvalue weighted by atomic mass is 9.78. The fraction of sp³-hybridized carbons (Fsp3) is 0.650. The summed E-state index contributed by atoms with van der Waals surface area (Å²) in [5.41, 5.74) is 1.46. The fourth-order valence-electron chi connectivity index (χ4n) is 9.90. The molecule has 4 heterocycles. The van der Waals surface area contributed by atoms with Crippen LogP contribution < -0.4 is 9.80 Å². The van der Waals surface area contributed by atoms with Crippen molar-refractivity contribution in [3.63, 3.8) is 0 Å². The Hall–Kier alpha value is -3.24. The topological polar surface area (TPSA) is 87.6 Å². The van der Waals surface area contributed by atoms with E-state index < -0.39 is 0 Å². The monoisotopic (exact) mass is 692 g/mol. The third-order valence-electron chi connectivity index (χ3n) is 12.8.